The average Bonchev–Trinajstić information content (AvgIpc) is 2.71. The average molecular weight is 317 g/mol. The lowest BCUT2D eigenvalue weighted by molar-refractivity contribution is -0.113. The van der Waals surface area contributed by atoms with Gasteiger partial charge in [-0.05, 0) is 31.0 Å². The number of aryl methyl sites for hydroxylation is 1. The fraction of sp³-hybridized carbons (Fsp3) is 0.462. The number of halogens is 1. The summed E-state index contributed by atoms with van der Waals surface area (Å²) in [6.45, 7) is 1.78. The number of benzene rings is 1. The summed E-state index contributed by atoms with van der Waals surface area (Å²) >= 11 is 1.34. The first kappa shape index (κ1) is 15.3. The number of rotatable bonds is 4. The highest BCUT2D eigenvalue weighted by Crippen LogP contribution is 2.24. The van der Waals surface area contributed by atoms with E-state index in [-0.39, 0.29) is 28.4 Å². The van der Waals surface area contributed by atoms with Crippen LogP contribution in [0.4, 0.5) is 10.1 Å². The lowest BCUT2D eigenvalue weighted by Crippen LogP contribution is -2.17. The third-order valence-electron chi connectivity index (χ3n) is 3.11. The molecular formula is C13H16FNO3S2. The Morgan fingerprint density at radius 3 is 2.90 bits per heavy atom. The third kappa shape index (κ3) is 4.21. The van der Waals surface area contributed by atoms with Crippen molar-refractivity contribution >= 4 is 33.2 Å². The molecule has 1 aromatic rings. The first-order valence-electron chi connectivity index (χ1n) is 6.24. The van der Waals surface area contributed by atoms with E-state index in [0.29, 0.717) is 12.1 Å². The van der Waals surface area contributed by atoms with Gasteiger partial charge in [0.1, 0.15) is 5.82 Å². The van der Waals surface area contributed by atoms with E-state index in [0.717, 1.165) is 5.56 Å². The molecule has 20 heavy (non-hydrogen) atoms. The fourth-order valence-corrected chi connectivity index (χ4v) is 5.44. The highest BCUT2D eigenvalue weighted by molar-refractivity contribution is 8.02. The Hall–Kier alpha value is -1.08. The summed E-state index contributed by atoms with van der Waals surface area (Å²) in [5.41, 5.74) is 1.24. The molecule has 0 saturated carbocycles. The van der Waals surface area contributed by atoms with Crippen LogP contribution in [-0.4, -0.2) is 36.8 Å². The predicted octanol–water partition coefficient (Wildman–Crippen LogP) is 1.99. The molecule has 7 heteroatoms. The highest BCUT2D eigenvalue weighted by Gasteiger charge is 2.28. The second-order valence-corrected chi connectivity index (χ2v) is 8.36. The van der Waals surface area contributed by atoms with Crippen molar-refractivity contribution < 1.29 is 17.6 Å². The van der Waals surface area contributed by atoms with Gasteiger partial charge in [-0.1, -0.05) is 6.07 Å². The quantitative estimate of drug-likeness (QED) is 0.922. The van der Waals surface area contributed by atoms with Gasteiger partial charge in [0.05, 0.1) is 17.3 Å². The van der Waals surface area contributed by atoms with Gasteiger partial charge in [0.25, 0.3) is 0 Å². The zero-order chi connectivity index (χ0) is 14.8. The van der Waals surface area contributed by atoms with E-state index < -0.39 is 15.7 Å². The highest BCUT2D eigenvalue weighted by atomic mass is 32.2. The minimum atomic E-state index is -2.92. The Balaban J connectivity index is 1.85. The molecule has 1 aliphatic heterocycles. The van der Waals surface area contributed by atoms with Gasteiger partial charge in [0, 0.05) is 10.9 Å². The van der Waals surface area contributed by atoms with Crippen LogP contribution in [0.15, 0.2) is 18.2 Å². The van der Waals surface area contributed by atoms with Crippen molar-refractivity contribution in [2.75, 3.05) is 22.6 Å². The molecule has 2 rings (SSSR count). The molecule has 0 radical (unpaired) electrons. The van der Waals surface area contributed by atoms with Crippen LogP contribution in [0.1, 0.15) is 12.0 Å². The largest absolute Gasteiger partial charge is 0.325 e. The van der Waals surface area contributed by atoms with Gasteiger partial charge in [0.2, 0.25) is 5.91 Å². The maximum absolute atomic E-state index is 13.1. The number of sulfone groups is 1. The number of nitrogens with one attached hydrogen (secondary N) is 1. The Kier molecular flexibility index (Phi) is 4.70. The first-order chi connectivity index (χ1) is 9.35. The Labute approximate surface area is 122 Å². The summed E-state index contributed by atoms with van der Waals surface area (Å²) in [4.78, 5) is 11.8. The monoisotopic (exact) mass is 317 g/mol. The number of carbonyl (C=O) groups is 1. The molecule has 1 heterocycles. The number of hydrogen-bond acceptors (Lipinski definition) is 4. The van der Waals surface area contributed by atoms with Crippen LogP contribution < -0.4 is 5.32 Å². The molecule has 1 saturated heterocycles. The van der Waals surface area contributed by atoms with Crippen LogP contribution in [0.25, 0.3) is 0 Å². The summed E-state index contributed by atoms with van der Waals surface area (Å²) in [6.07, 6.45) is 0.597. The van der Waals surface area contributed by atoms with E-state index in [1.54, 1.807) is 13.0 Å². The lowest BCUT2D eigenvalue weighted by Gasteiger charge is -2.10. The maximum atomic E-state index is 13.1. The van der Waals surface area contributed by atoms with Crippen LogP contribution in [-0.2, 0) is 14.6 Å². The van der Waals surface area contributed by atoms with E-state index >= 15 is 0 Å². The summed E-state index contributed by atoms with van der Waals surface area (Å²) in [6, 6.07) is 4.21. The molecule has 1 fully saturated rings. The molecule has 0 aromatic heterocycles. The first-order valence-corrected chi connectivity index (χ1v) is 9.11. The van der Waals surface area contributed by atoms with Crippen molar-refractivity contribution in [1.82, 2.24) is 0 Å². The van der Waals surface area contributed by atoms with Gasteiger partial charge < -0.3 is 5.32 Å². The molecule has 1 N–H and O–H groups in total. The van der Waals surface area contributed by atoms with Gasteiger partial charge in [0.15, 0.2) is 9.84 Å². The summed E-state index contributed by atoms with van der Waals surface area (Å²) in [5, 5.41) is 2.63. The minimum Gasteiger partial charge on any atom is -0.325 e. The van der Waals surface area contributed by atoms with Crippen LogP contribution in [0.2, 0.25) is 0 Å². The second-order valence-electron chi connectivity index (χ2n) is 4.84. The van der Waals surface area contributed by atoms with Gasteiger partial charge in [-0.25, -0.2) is 12.8 Å². The Morgan fingerprint density at radius 1 is 1.50 bits per heavy atom. The van der Waals surface area contributed by atoms with E-state index in [1.165, 1.54) is 23.9 Å². The molecule has 1 amide bonds. The Morgan fingerprint density at radius 2 is 2.25 bits per heavy atom. The maximum Gasteiger partial charge on any atom is 0.234 e. The molecule has 1 aliphatic rings. The van der Waals surface area contributed by atoms with E-state index in [9.17, 15) is 17.6 Å². The number of thioether (sulfide) groups is 1. The topological polar surface area (TPSA) is 63.2 Å². The third-order valence-corrected chi connectivity index (χ3v) is 6.40. The van der Waals surface area contributed by atoms with Crippen molar-refractivity contribution in [3.8, 4) is 0 Å². The lowest BCUT2D eigenvalue weighted by atomic mass is 10.2. The molecule has 0 spiro atoms. The number of carbonyl (C=O) groups excluding carboxylic acids is 1. The molecule has 4 nitrogen and oxygen atoms in total. The predicted molar refractivity (Wildman–Crippen MR) is 79.3 cm³/mol. The molecule has 110 valence electrons. The van der Waals surface area contributed by atoms with Gasteiger partial charge in [-0.15, -0.1) is 11.8 Å². The van der Waals surface area contributed by atoms with Crippen LogP contribution in [0, 0.1) is 12.7 Å². The molecule has 1 unspecified atom stereocenters. The van der Waals surface area contributed by atoms with Crippen molar-refractivity contribution in [3.63, 3.8) is 0 Å². The standard InChI is InChI=1S/C13H16FNO3S2/c1-9-2-3-10(14)6-12(9)15-13(16)7-19-11-4-5-20(17,18)8-11/h2-3,6,11H,4-5,7-8H2,1H3,(H,15,16). The zero-order valence-corrected chi connectivity index (χ0v) is 12.7. The van der Waals surface area contributed by atoms with Gasteiger partial charge in [-0.2, -0.15) is 0 Å². The SMILES string of the molecule is Cc1ccc(F)cc1NC(=O)CSC1CCS(=O)(=O)C1. The number of hydrogen-bond donors (Lipinski definition) is 1. The van der Waals surface area contributed by atoms with Gasteiger partial charge >= 0.3 is 0 Å². The van der Waals surface area contributed by atoms with Crippen molar-refractivity contribution in [2.45, 2.75) is 18.6 Å². The summed E-state index contributed by atoms with van der Waals surface area (Å²) in [5.74, 6) is -0.122. The summed E-state index contributed by atoms with van der Waals surface area (Å²) in [7, 11) is -2.92. The van der Waals surface area contributed by atoms with Crippen molar-refractivity contribution in [2.24, 2.45) is 0 Å². The normalized spacial score (nSPS) is 20.8. The van der Waals surface area contributed by atoms with Crippen LogP contribution >= 0.6 is 11.8 Å². The van der Waals surface area contributed by atoms with E-state index in [1.807, 2.05) is 0 Å². The van der Waals surface area contributed by atoms with Crippen LogP contribution in [0.5, 0.6) is 0 Å². The molecule has 1 aromatic carbocycles. The van der Waals surface area contributed by atoms with Crippen LogP contribution in [0.3, 0.4) is 0 Å². The van der Waals surface area contributed by atoms with Crippen molar-refractivity contribution in [3.05, 3.63) is 29.6 Å². The van der Waals surface area contributed by atoms with E-state index in [4.69, 9.17) is 0 Å². The summed E-state index contributed by atoms with van der Waals surface area (Å²) < 4.78 is 35.7. The second kappa shape index (κ2) is 6.13. The molecule has 1 atom stereocenters. The Bertz CT molecular complexity index is 616. The van der Waals surface area contributed by atoms with E-state index in [2.05, 4.69) is 5.32 Å². The zero-order valence-electron chi connectivity index (χ0n) is 11.1. The van der Waals surface area contributed by atoms with Crippen molar-refractivity contribution in [1.29, 1.82) is 0 Å². The van der Waals surface area contributed by atoms with Gasteiger partial charge in [-0.3, -0.25) is 4.79 Å². The smallest absolute Gasteiger partial charge is 0.234 e. The molecular weight excluding hydrogens is 301 g/mol. The number of anilines is 1. The molecule has 0 aliphatic carbocycles. The molecule has 0 bridgehead atoms. The fourth-order valence-electron chi connectivity index (χ4n) is 2.00. The number of amides is 1. The minimum absolute atomic E-state index is 0.0145.